The summed E-state index contributed by atoms with van der Waals surface area (Å²) in [6.07, 6.45) is 0.733. The normalized spacial score (nSPS) is 18.8. The number of nitrogens with zero attached hydrogens (tertiary/aromatic N) is 3. The lowest BCUT2D eigenvalue weighted by Crippen LogP contribution is -2.74. The van der Waals surface area contributed by atoms with Crippen LogP contribution in [0.15, 0.2) is 59.7 Å². The molecule has 1 fully saturated rings. The van der Waals surface area contributed by atoms with Crippen molar-refractivity contribution in [2.45, 2.75) is 37.5 Å². The standard InChI is InChI=1S/C27H30N6O8/c1-16(34)27(24(38)41-4,32(19-8-6-5-7-9-19)22(36)20(28)14-21(35)40-3)33-23(37)26(2,31-25(33)39)18-12-10-17(11-13-18)15-30-29/h5-13,15,20H,14,28-29H2,1-4H3,(H,31,39)/t20-,26+,27-/m0/s1. The van der Waals surface area contributed by atoms with Gasteiger partial charge < -0.3 is 26.4 Å². The number of ether oxygens (including phenoxy) is 2. The summed E-state index contributed by atoms with van der Waals surface area (Å²) in [5.41, 5.74) is 2.06. The van der Waals surface area contributed by atoms with Crippen molar-refractivity contribution in [3.8, 4) is 0 Å². The number of imide groups is 1. The highest BCUT2D eigenvalue weighted by Crippen LogP contribution is 2.38. The first-order valence-electron chi connectivity index (χ1n) is 12.2. The van der Waals surface area contributed by atoms with Crippen molar-refractivity contribution in [2.24, 2.45) is 16.7 Å². The zero-order valence-corrected chi connectivity index (χ0v) is 22.8. The van der Waals surface area contributed by atoms with Gasteiger partial charge in [0.2, 0.25) is 5.91 Å². The predicted octanol–water partition coefficient (Wildman–Crippen LogP) is 0.128. The van der Waals surface area contributed by atoms with Crippen LogP contribution in [0.2, 0.25) is 0 Å². The summed E-state index contributed by atoms with van der Waals surface area (Å²) in [5.74, 6) is -0.381. The van der Waals surface area contributed by atoms with E-state index in [9.17, 15) is 28.8 Å². The third-order valence-electron chi connectivity index (χ3n) is 6.68. The van der Waals surface area contributed by atoms with Gasteiger partial charge in [-0.15, -0.1) is 0 Å². The van der Waals surface area contributed by atoms with Gasteiger partial charge >= 0.3 is 18.0 Å². The summed E-state index contributed by atoms with van der Waals surface area (Å²) in [5, 5.41) is 5.97. The van der Waals surface area contributed by atoms with Crippen LogP contribution < -0.4 is 21.8 Å². The molecule has 0 bridgehead atoms. The van der Waals surface area contributed by atoms with Crippen molar-refractivity contribution >= 4 is 47.5 Å². The van der Waals surface area contributed by atoms with Crippen LogP contribution in [0.4, 0.5) is 10.5 Å². The number of nitrogens with two attached hydrogens (primary N) is 2. The molecule has 1 aliphatic rings. The maximum Gasteiger partial charge on any atom is 0.362 e. The lowest BCUT2D eigenvalue weighted by molar-refractivity contribution is -0.164. The molecule has 1 saturated heterocycles. The number of carbonyl (C=O) groups is 6. The van der Waals surface area contributed by atoms with Gasteiger partial charge in [-0.25, -0.2) is 14.5 Å². The minimum absolute atomic E-state index is 0.0851. The first-order valence-corrected chi connectivity index (χ1v) is 12.2. The largest absolute Gasteiger partial charge is 0.469 e. The Bertz CT molecular complexity index is 1400. The molecule has 1 heterocycles. The van der Waals surface area contributed by atoms with E-state index in [1.54, 1.807) is 18.2 Å². The number of ketones is 1. The van der Waals surface area contributed by atoms with Gasteiger partial charge in [0.25, 0.3) is 11.6 Å². The Morgan fingerprint density at radius 2 is 1.68 bits per heavy atom. The van der Waals surface area contributed by atoms with Crippen LogP contribution in [-0.4, -0.2) is 72.6 Å². The van der Waals surface area contributed by atoms with E-state index in [1.807, 2.05) is 0 Å². The number of hydrogen-bond acceptors (Lipinski definition) is 11. The zero-order chi connectivity index (χ0) is 30.5. The molecule has 5 N–H and O–H groups in total. The van der Waals surface area contributed by atoms with Gasteiger partial charge in [-0.2, -0.15) is 5.10 Å². The van der Waals surface area contributed by atoms with Crippen molar-refractivity contribution in [3.05, 3.63) is 65.7 Å². The topological polar surface area (TPSA) is 204 Å². The maximum absolute atomic E-state index is 14.2. The van der Waals surface area contributed by atoms with Crippen molar-refractivity contribution < 1.29 is 38.2 Å². The number of nitrogens with one attached hydrogen (secondary N) is 1. The van der Waals surface area contributed by atoms with Gasteiger partial charge in [-0.05, 0) is 37.1 Å². The van der Waals surface area contributed by atoms with Gasteiger partial charge in [0.15, 0.2) is 5.78 Å². The van der Waals surface area contributed by atoms with Crippen LogP contribution in [0.25, 0.3) is 0 Å². The highest BCUT2D eigenvalue weighted by molar-refractivity contribution is 6.24. The van der Waals surface area contributed by atoms with E-state index in [1.165, 1.54) is 49.5 Å². The molecule has 14 heteroatoms. The Labute approximate surface area is 235 Å². The van der Waals surface area contributed by atoms with Crippen LogP contribution >= 0.6 is 0 Å². The molecule has 0 unspecified atom stereocenters. The minimum atomic E-state index is -2.99. The third-order valence-corrected chi connectivity index (χ3v) is 6.68. The van der Waals surface area contributed by atoms with Crippen LogP contribution in [0, 0.1) is 0 Å². The minimum Gasteiger partial charge on any atom is -0.469 e. The molecule has 1 aliphatic heterocycles. The number of carbonyl (C=O) groups excluding carboxylic acids is 6. The van der Waals surface area contributed by atoms with Gasteiger partial charge in [-0.3, -0.25) is 24.1 Å². The zero-order valence-electron chi connectivity index (χ0n) is 22.8. The van der Waals surface area contributed by atoms with E-state index < -0.39 is 59.2 Å². The molecule has 2 aromatic rings. The summed E-state index contributed by atoms with van der Waals surface area (Å²) in [6, 6.07) is 10.7. The smallest absolute Gasteiger partial charge is 0.362 e. The molecular formula is C27H30N6O8. The second-order valence-electron chi connectivity index (χ2n) is 9.21. The number of methoxy groups -OCH3 is 2. The van der Waals surface area contributed by atoms with E-state index >= 15 is 0 Å². The number of rotatable bonds is 10. The van der Waals surface area contributed by atoms with Crippen molar-refractivity contribution in [1.82, 2.24) is 10.2 Å². The molecule has 2 aromatic carbocycles. The number of benzene rings is 2. The molecular weight excluding hydrogens is 536 g/mol. The first-order chi connectivity index (χ1) is 19.4. The fourth-order valence-electron chi connectivity index (χ4n) is 4.57. The Balaban J connectivity index is 2.29. The number of urea groups is 1. The third kappa shape index (κ3) is 5.24. The van der Waals surface area contributed by atoms with Crippen LogP contribution in [-0.2, 0) is 39.0 Å². The van der Waals surface area contributed by atoms with Gasteiger partial charge in [-0.1, -0.05) is 42.5 Å². The van der Waals surface area contributed by atoms with Gasteiger partial charge in [0.1, 0.15) is 5.54 Å². The Kier molecular flexibility index (Phi) is 8.88. The lowest BCUT2D eigenvalue weighted by atomic mass is 9.89. The molecule has 3 atom stereocenters. The van der Waals surface area contributed by atoms with Gasteiger partial charge in [0, 0.05) is 5.69 Å². The lowest BCUT2D eigenvalue weighted by Gasteiger charge is -2.44. The Hall–Kier alpha value is -5.11. The number of Topliss-reactive ketones (excluding diaryl/α,β-unsaturated/α-hetero) is 1. The van der Waals surface area contributed by atoms with E-state index in [0.717, 1.165) is 21.1 Å². The van der Waals surface area contributed by atoms with Crippen molar-refractivity contribution in [2.75, 3.05) is 19.1 Å². The van der Waals surface area contributed by atoms with Crippen LogP contribution in [0.3, 0.4) is 0 Å². The Morgan fingerprint density at radius 1 is 1.07 bits per heavy atom. The quantitative estimate of drug-likeness (QED) is 0.0885. The summed E-state index contributed by atoms with van der Waals surface area (Å²) in [4.78, 5) is 81.9. The second kappa shape index (κ2) is 12.0. The molecule has 0 aliphatic carbocycles. The number of amides is 4. The van der Waals surface area contributed by atoms with Crippen molar-refractivity contribution in [3.63, 3.8) is 0 Å². The summed E-state index contributed by atoms with van der Waals surface area (Å²) < 4.78 is 9.55. The summed E-state index contributed by atoms with van der Waals surface area (Å²) in [6.45, 7) is 2.29. The first kappa shape index (κ1) is 30.4. The van der Waals surface area contributed by atoms with Gasteiger partial charge in [0.05, 0.1) is 32.9 Å². The number of para-hydroxylation sites is 1. The van der Waals surface area contributed by atoms with E-state index in [4.69, 9.17) is 16.3 Å². The predicted molar refractivity (Wildman–Crippen MR) is 145 cm³/mol. The number of hydrazone groups is 1. The SMILES string of the molecule is COC(=O)C[C@H](N)C(=O)N(c1ccccc1)[C@](C(C)=O)(C(=O)OC)N1C(=O)N[C@](C)(c2ccc(C=NN)cc2)C1=O. The summed E-state index contributed by atoms with van der Waals surface area (Å²) >= 11 is 0. The average Bonchev–Trinajstić information content (AvgIpc) is 3.19. The van der Waals surface area contributed by atoms with Crippen LogP contribution in [0.5, 0.6) is 0 Å². The highest BCUT2D eigenvalue weighted by Gasteiger charge is 2.67. The molecule has 4 amide bonds. The maximum atomic E-state index is 14.2. The fourth-order valence-corrected chi connectivity index (χ4v) is 4.57. The van der Waals surface area contributed by atoms with E-state index in [0.29, 0.717) is 15.4 Å². The molecule has 0 spiro atoms. The molecule has 0 radical (unpaired) electrons. The number of anilines is 1. The van der Waals surface area contributed by atoms with E-state index in [2.05, 4.69) is 15.2 Å². The molecule has 14 nitrogen and oxygen atoms in total. The number of hydrogen-bond donors (Lipinski definition) is 3. The average molecular weight is 567 g/mol. The van der Waals surface area contributed by atoms with E-state index in [-0.39, 0.29) is 11.3 Å². The van der Waals surface area contributed by atoms with Crippen molar-refractivity contribution in [1.29, 1.82) is 0 Å². The molecule has 3 rings (SSSR count). The fraction of sp³-hybridized carbons (Fsp3) is 0.296. The second-order valence-corrected chi connectivity index (χ2v) is 9.21. The molecule has 216 valence electrons. The monoisotopic (exact) mass is 566 g/mol. The Morgan fingerprint density at radius 3 is 2.20 bits per heavy atom. The molecule has 0 aromatic heterocycles. The highest BCUT2D eigenvalue weighted by atomic mass is 16.5. The molecule has 0 saturated carbocycles. The number of esters is 2. The summed E-state index contributed by atoms with van der Waals surface area (Å²) in [7, 11) is 2.02. The van der Waals surface area contributed by atoms with Crippen LogP contribution in [0.1, 0.15) is 31.4 Å². The molecule has 41 heavy (non-hydrogen) atoms.